The average Bonchev–Trinajstić information content (AvgIpc) is 2.51. The molecule has 0 radical (unpaired) electrons. The van der Waals surface area contributed by atoms with Crippen LogP contribution in [0.15, 0.2) is 24.3 Å². The quantitative estimate of drug-likeness (QED) is 0.713. The van der Waals surface area contributed by atoms with Gasteiger partial charge in [-0.25, -0.2) is 0 Å². The van der Waals surface area contributed by atoms with Crippen LogP contribution in [0.4, 0.5) is 0 Å². The largest absolute Gasteiger partial charge is 0.352 e. The predicted octanol–water partition coefficient (Wildman–Crippen LogP) is 3.02. The van der Waals surface area contributed by atoms with E-state index >= 15 is 0 Å². The first-order chi connectivity index (χ1) is 10.5. The van der Waals surface area contributed by atoms with Gasteiger partial charge in [-0.3, -0.25) is 9.59 Å². The summed E-state index contributed by atoms with van der Waals surface area (Å²) in [6.45, 7) is 2.57. The molecule has 1 rings (SSSR count). The molecule has 0 spiro atoms. The number of nitrogens with one attached hydrogen (secondary N) is 1. The van der Waals surface area contributed by atoms with Gasteiger partial charge < -0.3 is 10.2 Å². The molecule has 22 heavy (non-hydrogen) atoms. The highest BCUT2D eigenvalue weighted by molar-refractivity contribution is 5.94. The van der Waals surface area contributed by atoms with Crippen molar-refractivity contribution in [2.75, 3.05) is 20.6 Å². The molecule has 0 fully saturated rings. The fourth-order valence-electron chi connectivity index (χ4n) is 2.31. The van der Waals surface area contributed by atoms with Gasteiger partial charge >= 0.3 is 0 Å². The van der Waals surface area contributed by atoms with E-state index in [0.717, 1.165) is 37.7 Å². The topological polar surface area (TPSA) is 49.4 Å². The second-order valence-electron chi connectivity index (χ2n) is 5.76. The van der Waals surface area contributed by atoms with E-state index < -0.39 is 0 Å². The molecule has 0 aliphatic heterocycles. The van der Waals surface area contributed by atoms with E-state index in [4.69, 9.17) is 0 Å². The molecule has 0 saturated heterocycles. The fraction of sp³-hybridized carbons (Fsp3) is 0.556. The normalized spacial score (nSPS) is 10.3. The summed E-state index contributed by atoms with van der Waals surface area (Å²) in [6.07, 6.45) is 5.86. The lowest BCUT2D eigenvalue weighted by atomic mass is 10.0. The molecular weight excluding hydrogens is 276 g/mol. The third kappa shape index (κ3) is 6.74. The van der Waals surface area contributed by atoms with E-state index in [1.807, 2.05) is 25.1 Å². The molecule has 1 aromatic rings. The van der Waals surface area contributed by atoms with Crippen LogP contribution in [0.3, 0.4) is 0 Å². The number of rotatable bonds is 9. The monoisotopic (exact) mass is 304 g/mol. The summed E-state index contributed by atoms with van der Waals surface area (Å²) in [4.78, 5) is 24.9. The molecule has 1 N–H and O–H groups in total. The highest BCUT2D eigenvalue weighted by Gasteiger charge is 2.05. The Morgan fingerprint density at radius 2 is 1.82 bits per heavy atom. The van der Waals surface area contributed by atoms with Gasteiger partial charge in [-0.15, -0.1) is 0 Å². The van der Waals surface area contributed by atoms with E-state index in [1.165, 1.54) is 5.56 Å². The van der Waals surface area contributed by atoms with Gasteiger partial charge in [-0.1, -0.05) is 25.0 Å². The van der Waals surface area contributed by atoms with E-state index in [2.05, 4.69) is 11.4 Å². The van der Waals surface area contributed by atoms with Crippen LogP contribution in [0.2, 0.25) is 0 Å². The van der Waals surface area contributed by atoms with Gasteiger partial charge in [0.15, 0.2) is 0 Å². The van der Waals surface area contributed by atoms with Crippen molar-refractivity contribution < 1.29 is 9.59 Å². The number of carbonyl (C=O) groups is 2. The Hall–Kier alpha value is -1.84. The first-order valence-corrected chi connectivity index (χ1v) is 8.12. The van der Waals surface area contributed by atoms with Crippen molar-refractivity contribution in [3.8, 4) is 0 Å². The third-order valence-electron chi connectivity index (χ3n) is 3.63. The van der Waals surface area contributed by atoms with Crippen molar-refractivity contribution in [3.05, 3.63) is 35.4 Å². The smallest absolute Gasteiger partial charge is 0.251 e. The van der Waals surface area contributed by atoms with Crippen molar-refractivity contribution in [1.82, 2.24) is 10.2 Å². The van der Waals surface area contributed by atoms with Crippen molar-refractivity contribution in [3.63, 3.8) is 0 Å². The van der Waals surface area contributed by atoms with Crippen LogP contribution in [-0.4, -0.2) is 37.4 Å². The van der Waals surface area contributed by atoms with Gasteiger partial charge in [0.1, 0.15) is 0 Å². The highest BCUT2D eigenvalue weighted by atomic mass is 16.2. The molecular formula is C18H28N2O2. The number of amides is 2. The molecule has 0 heterocycles. The Morgan fingerprint density at radius 3 is 2.50 bits per heavy atom. The fourth-order valence-corrected chi connectivity index (χ4v) is 2.31. The van der Waals surface area contributed by atoms with Crippen molar-refractivity contribution >= 4 is 11.8 Å². The number of aryl methyl sites for hydroxylation is 1. The first-order valence-electron chi connectivity index (χ1n) is 8.12. The predicted molar refractivity (Wildman–Crippen MR) is 89.9 cm³/mol. The number of carbonyl (C=O) groups excluding carboxylic acids is 2. The SMILES string of the molecule is CCNC(=O)c1cccc(CCCCCCC(=O)N(C)C)c1. The zero-order valence-corrected chi connectivity index (χ0v) is 14.0. The minimum Gasteiger partial charge on any atom is -0.352 e. The number of unbranched alkanes of at least 4 members (excludes halogenated alkanes) is 3. The van der Waals surface area contributed by atoms with Crippen LogP contribution in [0.1, 0.15) is 54.9 Å². The Labute approximate surface area is 133 Å². The van der Waals surface area contributed by atoms with Crippen LogP contribution in [0.25, 0.3) is 0 Å². The van der Waals surface area contributed by atoms with E-state index in [-0.39, 0.29) is 11.8 Å². The lowest BCUT2D eigenvalue weighted by Crippen LogP contribution is -2.22. The minimum atomic E-state index is -0.00783. The summed E-state index contributed by atoms with van der Waals surface area (Å²) in [5.41, 5.74) is 1.93. The summed E-state index contributed by atoms with van der Waals surface area (Å²) in [5.74, 6) is 0.196. The van der Waals surface area contributed by atoms with E-state index in [9.17, 15) is 9.59 Å². The molecule has 4 nitrogen and oxygen atoms in total. The van der Waals surface area contributed by atoms with Gasteiger partial charge in [-0.05, 0) is 43.9 Å². The first kappa shape index (κ1) is 18.2. The van der Waals surface area contributed by atoms with Crippen LogP contribution in [-0.2, 0) is 11.2 Å². The van der Waals surface area contributed by atoms with Crippen molar-refractivity contribution in [1.29, 1.82) is 0 Å². The second kappa shape index (κ2) is 9.98. The molecule has 0 bridgehead atoms. The van der Waals surface area contributed by atoms with Crippen LogP contribution >= 0.6 is 0 Å². The number of benzene rings is 1. The Bertz CT molecular complexity index is 484. The van der Waals surface area contributed by atoms with Gasteiger partial charge in [0.05, 0.1) is 0 Å². The lowest BCUT2D eigenvalue weighted by Gasteiger charge is -2.09. The lowest BCUT2D eigenvalue weighted by molar-refractivity contribution is -0.128. The number of hydrogen-bond acceptors (Lipinski definition) is 2. The Kier molecular flexibility index (Phi) is 8.26. The average molecular weight is 304 g/mol. The maximum atomic E-state index is 11.8. The molecule has 1 aromatic carbocycles. The standard InChI is InChI=1S/C18H28N2O2/c1-4-19-18(22)16-12-9-11-15(14-16)10-7-5-6-8-13-17(21)20(2)3/h9,11-12,14H,4-8,10,13H2,1-3H3,(H,19,22). The molecule has 0 atom stereocenters. The summed E-state index contributed by atoms with van der Waals surface area (Å²) in [7, 11) is 3.59. The molecule has 0 aliphatic carbocycles. The van der Waals surface area contributed by atoms with Gasteiger partial charge in [0, 0.05) is 32.6 Å². The molecule has 4 heteroatoms. The minimum absolute atomic E-state index is 0.00783. The summed E-state index contributed by atoms with van der Waals surface area (Å²) < 4.78 is 0. The van der Waals surface area contributed by atoms with E-state index in [1.54, 1.807) is 19.0 Å². The van der Waals surface area contributed by atoms with Crippen molar-refractivity contribution in [2.45, 2.75) is 45.4 Å². The highest BCUT2D eigenvalue weighted by Crippen LogP contribution is 2.11. The van der Waals surface area contributed by atoms with Crippen LogP contribution in [0, 0.1) is 0 Å². The Morgan fingerprint density at radius 1 is 1.09 bits per heavy atom. The zero-order chi connectivity index (χ0) is 16.4. The third-order valence-corrected chi connectivity index (χ3v) is 3.63. The summed E-state index contributed by atoms with van der Waals surface area (Å²) in [5, 5.41) is 2.82. The second-order valence-corrected chi connectivity index (χ2v) is 5.76. The molecule has 0 unspecified atom stereocenters. The number of nitrogens with zero attached hydrogens (tertiary/aromatic N) is 1. The van der Waals surface area contributed by atoms with E-state index in [0.29, 0.717) is 13.0 Å². The molecule has 0 aromatic heterocycles. The Balaban J connectivity index is 2.26. The van der Waals surface area contributed by atoms with Gasteiger partial charge in [0.2, 0.25) is 5.91 Å². The molecule has 0 saturated carbocycles. The summed E-state index contributed by atoms with van der Waals surface area (Å²) in [6, 6.07) is 7.83. The van der Waals surface area contributed by atoms with Gasteiger partial charge in [-0.2, -0.15) is 0 Å². The maximum Gasteiger partial charge on any atom is 0.251 e. The van der Waals surface area contributed by atoms with Crippen molar-refractivity contribution in [2.24, 2.45) is 0 Å². The zero-order valence-electron chi connectivity index (χ0n) is 14.0. The molecule has 122 valence electrons. The maximum absolute atomic E-state index is 11.8. The number of hydrogen-bond donors (Lipinski definition) is 1. The summed E-state index contributed by atoms with van der Waals surface area (Å²) >= 11 is 0. The van der Waals surface area contributed by atoms with Crippen LogP contribution < -0.4 is 5.32 Å². The molecule has 2 amide bonds. The van der Waals surface area contributed by atoms with Crippen LogP contribution in [0.5, 0.6) is 0 Å². The van der Waals surface area contributed by atoms with Gasteiger partial charge in [0.25, 0.3) is 5.91 Å². The molecule has 0 aliphatic rings.